The molecule has 0 amide bonds. The summed E-state index contributed by atoms with van der Waals surface area (Å²) < 4.78 is 28.9. The molecule has 6 nitrogen and oxygen atoms in total. The molecular formula is C16H23ClN4O2S. The maximum absolute atomic E-state index is 12.8. The molecule has 2 heterocycles. The van der Waals surface area contributed by atoms with E-state index in [1.54, 1.807) is 15.2 Å². The SMILES string of the molecule is CNCC1CCCN1S(=O)(=O)c1cnn(Cc2ccccc2)c1.Cl. The topological polar surface area (TPSA) is 67.2 Å². The first-order valence-electron chi connectivity index (χ1n) is 7.84. The van der Waals surface area contributed by atoms with Crippen molar-refractivity contribution >= 4 is 22.4 Å². The molecule has 1 aliphatic rings. The number of aromatic nitrogens is 2. The molecule has 1 aromatic carbocycles. The number of rotatable bonds is 6. The summed E-state index contributed by atoms with van der Waals surface area (Å²) in [6.45, 7) is 1.83. The molecule has 0 bridgehead atoms. The van der Waals surface area contributed by atoms with Crippen LogP contribution in [0.5, 0.6) is 0 Å². The van der Waals surface area contributed by atoms with Gasteiger partial charge in [0.1, 0.15) is 4.90 Å². The standard InChI is InChI=1S/C16H22N4O2S.ClH/c1-17-10-15-8-5-9-20(15)23(21,22)16-11-18-19(13-16)12-14-6-3-2-4-7-14;/h2-4,6-7,11,13,15,17H,5,8-10,12H2,1H3;1H. The molecule has 0 radical (unpaired) electrons. The number of hydrogen-bond acceptors (Lipinski definition) is 4. The van der Waals surface area contributed by atoms with E-state index < -0.39 is 10.0 Å². The predicted molar refractivity (Wildman–Crippen MR) is 95.9 cm³/mol. The lowest BCUT2D eigenvalue weighted by molar-refractivity contribution is 0.379. The van der Waals surface area contributed by atoms with Crippen molar-refractivity contribution in [3.05, 3.63) is 48.3 Å². The summed E-state index contributed by atoms with van der Waals surface area (Å²) in [7, 11) is -1.62. The number of benzene rings is 1. The monoisotopic (exact) mass is 370 g/mol. The highest BCUT2D eigenvalue weighted by atomic mass is 35.5. The van der Waals surface area contributed by atoms with Gasteiger partial charge in [0.25, 0.3) is 0 Å². The van der Waals surface area contributed by atoms with Gasteiger partial charge in [-0.25, -0.2) is 8.42 Å². The van der Waals surface area contributed by atoms with Gasteiger partial charge in [-0.2, -0.15) is 9.40 Å². The zero-order chi connectivity index (χ0) is 16.3. The first-order chi connectivity index (χ1) is 11.1. The fourth-order valence-electron chi connectivity index (χ4n) is 3.04. The van der Waals surface area contributed by atoms with Crippen molar-refractivity contribution in [1.82, 2.24) is 19.4 Å². The minimum Gasteiger partial charge on any atom is -0.318 e. The average molecular weight is 371 g/mol. The van der Waals surface area contributed by atoms with Crippen LogP contribution >= 0.6 is 12.4 Å². The molecule has 1 aromatic heterocycles. The summed E-state index contributed by atoms with van der Waals surface area (Å²) >= 11 is 0. The largest absolute Gasteiger partial charge is 0.318 e. The van der Waals surface area contributed by atoms with Gasteiger partial charge in [0, 0.05) is 25.3 Å². The van der Waals surface area contributed by atoms with Crippen LogP contribution in [-0.2, 0) is 16.6 Å². The summed E-state index contributed by atoms with van der Waals surface area (Å²) in [4.78, 5) is 0.274. The Balaban J connectivity index is 0.00000208. The minimum atomic E-state index is -3.47. The smallest absolute Gasteiger partial charge is 0.246 e. The van der Waals surface area contributed by atoms with Gasteiger partial charge < -0.3 is 5.32 Å². The zero-order valence-electron chi connectivity index (χ0n) is 13.6. The third kappa shape index (κ3) is 3.97. The molecule has 1 saturated heterocycles. The second-order valence-corrected chi connectivity index (χ2v) is 7.72. The summed E-state index contributed by atoms with van der Waals surface area (Å²) in [5, 5.41) is 7.29. The quantitative estimate of drug-likeness (QED) is 0.840. The zero-order valence-corrected chi connectivity index (χ0v) is 15.3. The Labute approximate surface area is 149 Å². The molecule has 1 fully saturated rings. The molecule has 1 aliphatic heterocycles. The maximum Gasteiger partial charge on any atom is 0.246 e. The van der Waals surface area contributed by atoms with Gasteiger partial charge in [-0.15, -0.1) is 12.4 Å². The van der Waals surface area contributed by atoms with Crippen LogP contribution in [0.3, 0.4) is 0 Å². The Morgan fingerprint density at radius 2 is 2.04 bits per heavy atom. The van der Waals surface area contributed by atoms with Crippen molar-refractivity contribution in [2.24, 2.45) is 0 Å². The van der Waals surface area contributed by atoms with E-state index >= 15 is 0 Å². The second-order valence-electron chi connectivity index (χ2n) is 5.83. The number of halogens is 1. The molecule has 1 unspecified atom stereocenters. The van der Waals surface area contributed by atoms with E-state index in [9.17, 15) is 8.42 Å². The first-order valence-corrected chi connectivity index (χ1v) is 9.28. The average Bonchev–Trinajstić information content (AvgIpc) is 3.19. The lowest BCUT2D eigenvalue weighted by atomic mass is 10.2. The minimum absolute atomic E-state index is 0. The van der Waals surface area contributed by atoms with Gasteiger partial charge in [0.15, 0.2) is 0 Å². The Hall–Kier alpha value is -1.41. The molecule has 0 saturated carbocycles. The molecule has 1 atom stereocenters. The third-order valence-electron chi connectivity index (χ3n) is 4.17. The second kappa shape index (κ2) is 8.11. The van der Waals surface area contributed by atoms with Crippen molar-refractivity contribution < 1.29 is 8.42 Å². The molecule has 2 aromatic rings. The summed E-state index contributed by atoms with van der Waals surface area (Å²) in [6.07, 6.45) is 4.88. The van der Waals surface area contributed by atoms with Crippen LogP contribution in [0.2, 0.25) is 0 Å². The van der Waals surface area contributed by atoms with Gasteiger partial charge in [-0.05, 0) is 25.5 Å². The van der Waals surface area contributed by atoms with Crippen LogP contribution in [0.1, 0.15) is 18.4 Å². The van der Waals surface area contributed by atoms with E-state index in [0.717, 1.165) is 18.4 Å². The number of nitrogens with one attached hydrogen (secondary N) is 1. The van der Waals surface area contributed by atoms with E-state index in [1.165, 1.54) is 6.20 Å². The lowest BCUT2D eigenvalue weighted by Crippen LogP contribution is -2.40. The van der Waals surface area contributed by atoms with E-state index in [0.29, 0.717) is 19.6 Å². The van der Waals surface area contributed by atoms with E-state index in [-0.39, 0.29) is 23.3 Å². The molecule has 0 spiro atoms. The van der Waals surface area contributed by atoms with Crippen LogP contribution in [0.15, 0.2) is 47.6 Å². The molecule has 3 rings (SSSR count). The summed E-state index contributed by atoms with van der Waals surface area (Å²) in [6, 6.07) is 9.91. The van der Waals surface area contributed by atoms with Gasteiger partial charge in [-0.1, -0.05) is 30.3 Å². The number of sulfonamides is 1. The Morgan fingerprint density at radius 1 is 1.29 bits per heavy atom. The van der Waals surface area contributed by atoms with Crippen LogP contribution in [-0.4, -0.2) is 48.7 Å². The Kier molecular flexibility index (Phi) is 6.40. The Bertz CT molecular complexity index is 748. The van der Waals surface area contributed by atoms with Crippen molar-refractivity contribution in [2.75, 3.05) is 20.1 Å². The molecular weight excluding hydrogens is 348 g/mol. The normalized spacial score (nSPS) is 18.5. The molecule has 0 aliphatic carbocycles. The predicted octanol–water partition coefficient (Wildman–Crippen LogP) is 1.73. The third-order valence-corrected chi connectivity index (χ3v) is 6.07. The fourth-order valence-corrected chi connectivity index (χ4v) is 4.68. The molecule has 1 N–H and O–H groups in total. The van der Waals surface area contributed by atoms with E-state index in [4.69, 9.17) is 0 Å². The maximum atomic E-state index is 12.8. The fraction of sp³-hybridized carbons (Fsp3) is 0.438. The van der Waals surface area contributed by atoms with Gasteiger partial charge >= 0.3 is 0 Å². The van der Waals surface area contributed by atoms with Crippen molar-refractivity contribution in [3.8, 4) is 0 Å². The number of hydrogen-bond donors (Lipinski definition) is 1. The van der Waals surface area contributed by atoms with Gasteiger partial charge in [0.2, 0.25) is 10.0 Å². The van der Waals surface area contributed by atoms with Gasteiger partial charge in [-0.3, -0.25) is 4.68 Å². The highest BCUT2D eigenvalue weighted by molar-refractivity contribution is 7.89. The summed E-state index contributed by atoms with van der Waals surface area (Å²) in [5.41, 5.74) is 1.09. The molecule has 132 valence electrons. The van der Waals surface area contributed by atoms with Crippen LogP contribution in [0.4, 0.5) is 0 Å². The van der Waals surface area contributed by atoms with E-state index in [2.05, 4.69) is 10.4 Å². The van der Waals surface area contributed by atoms with Crippen LogP contribution in [0, 0.1) is 0 Å². The Morgan fingerprint density at radius 3 is 2.75 bits per heavy atom. The van der Waals surface area contributed by atoms with Crippen LogP contribution < -0.4 is 5.32 Å². The first kappa shape index (κ1) is 18.9. The lowest BCUT2D eigenvalue weighted by Gasteiger charge is -2.23. The van der Waals surface area contributed by atoms with Crippen molar-refractivity contribution in [3.63, 3.8) is 0 Å². The summed E-state index contributed by atoms with van der Waals surface area (Å²) in [5.74, 6) is 0. The van der Waals surface area contributed by atoms with Gasteiger partial charge in [0.05, 0.1) is 12.7 Å². The van der Waals surface area contributed by atoms with E-state index in [1.807, 2.05) is 37.4 Å². The van der Waals surface area contributed by atoms with Crippen LogP contribution in [0.25, 0.3) is 0 Å². The van der Waals surface area contributed by atoms with Crippen molar-refractivity contribution in [2.45, 2.75) is 30.3 Å². The highest BCUT2D eigenvalue weighted by Gasteiger charge is 2.35. The van der Waals surface area contributed by atoms with Crippen molar-refractivity contribution in [1.29, 1.82) is 0 Å². The number of likely N-dealkylation sites (N-methyl/N-ethyl adjacent to an activating group) is 1. The number of nitrogens with zero attached hydrogens (tertiary/aromatic N) is 3. The highest BCUT2D eigenvalue weighted by Crippen LogP contribution is 2.25. The molecule has 8 heteroatoms. The molecule has 24 heavy (non-hydrogen) atoms.